The van der Waals surface area contributed by atoms with Gasteiger partial charge < -0.3 is 20.7 Å². The summed E-state index contributed by atoms with van der Waals surface area (Å²) < 4.78 is 4.83. The monoisotopic (exact) mass is 479 g/mol. The first-order chi connectivity index (χ1) is 17.6. The maximum atomic E-state index is 13.3. The molecule has 4 aromatic rings. The molecule has 36 heavy (non-hydrogen) atoms. The fraction of sp³-hybridized carbons (Fsp3) is 0.143. The summed E-state index contributed by atoms with van der Waals surface area (Å²) in [6.45, 7) is 3.76. The van der Waals surface area contributed by atoms with Gasteiger partial charge in [-0.2, -0.15) is 10.2 Å². The van der Waals surface area contributed by atoms with Gasteiger partial charge in [-0.05, 0) is 48.0 Å². The lowest BCUT2D eigenvalue weighted by atomic mass is 9.98. The number of benzene rings is 3. The van der Waals surface area contributed by atoms with Gasteiger partial charge in [0.15, 0.2) is 0 Å². The van der Waals surface area contributed by atoms with Crippen LogP contribution in [0.2, 0.25) is 0 Å². The molecular weight excluding hydrogens is 454 g/mol. The van der Waals surface area contributed by atoms with Crippen molar-refractivity contribution in [2.45, 2.75) is 13.5 Å². The molecule has 0 saturated heterocycles. The number of nitrogens with zero attached hydrogens (tertiary/aromatic N) is 2. The van der Waals surface area contributed by atoms with E-state index >= 15 is 0 Å². The molecule has 1 amide bonds. The lowest BCUT2D eigenvalue weighted by Gasteiger charge is -2.16. The number of nitrogens with one attached hydrogen (secondary N) is 3. The third-order valence-corrected chi connectivity index (χ3v) is 6.07. The number of methoxy groups -OCH3 is 1. The van der Waals surface area contributed by atoms with E-state index < -0.39 is 5.97 Å². The quantitative estimate of drug-likeness (QED) is 0.266. The Morgan fingerprint density at radius 3 is 2.44 bits per heavy atom. The molecule has 3 aromatic carbocycles. The van der Waals surface area contributed by atoms with Gasteiger partial charge in [0.2, 0.25) is 0 Å². The number of esters is 1. The average Bonchev–Trinajstić information content (AvgIpc) is 3.25. The first-order valence-corrected chi connectivity index (χ1v) is 11.6. The molecule has 0 bridgehead atoms. The fourth-order valence-corrected chi connectivity index (χ4v) is 4.22. The Labute approximate surface area is 208 Å². The predicted octanol–water partition coefficient (Wildman–Crippen LogP) is 4.46. The van der Waals surface area contributed by atoms with Crippen LogP contribution in [0.5, 0.6) is 0 Å². The molecule has 0 fully saturated rings. The Morgan fingerprint density at radius 1 is 0.944 bits per heavy atom. The highest BCUT2D eigenvalue weighted by atomic mass is 16.5. The number of rotatable bonds is 7. The van der Waals surface area contributed by atoms with Crippen LogP contribution in [0.15, 0.2) is 73.1 Å². The minimum atomic E-state index is -0.462. The molecule has 8 heteroatoms. The zero-order valence-corrected chi connectivity index (χ0v) is 20.0. The van der Waals surface area contributed by atoms with Crippen LogP contribution in [0.1, 0.15) is 34.0 Å². The summed E-state index contributed by atoms with van der Waals surface area (Å²) in [6, 6.07) is 19.0. The second-order valence-corrected chi connectivity index (χ2v) is 8.39. The lowest BCUT2D eigenvalue weighted by molar-refractivity contribution is -0.110. The molecule has 0 aliphatic carbocycles. The minimum Gasteiger partial charge on any atom is -0.465 e. The van der Waals surface area contributed by atoms with Gasteiger partial charge in [0.25, 0.3) is 5.91 Å². The first-order valence-electron chi connectivity index (χ1n) is 11.6. The summed E-state index contributed by atoms with van der Waals surface area (Å²) in [5, 5.41) is 19.5. The van der Waals surface area contributed by atoms with Crippen molar-refractivity contribution in [3.05, 3.63) is 95.3 Å². The highest BCUT2D eigenvalue weighted by molar-refractivity contribution is 6.37. The SMILES string of the molecule is CCNCc1ccc(NC(=C2C(=O)Nc3cc(C(=O)OC)ccc32)c2ccc3cnncc3c2)cc1. The second-order valence-electron chi connectivity index (χ2n) is 8.39. The maximum absolute atomic E-state index is 13.3. The largest absolute Gasteiger partial charge is 0.465 e. The van der Waals surface area contributed by atoms with Crippen LogP contribution in [0.4, 0.5) is 11.4 Å². The van der Waals surface area contributed by atoms with Gasteiger partial charge in [0.05, 0.1) is 42.0 Å². The summed E-state index contributed by atoms with van der Waals surface area (Å²) in [4.78, 5) is 25.3. The zero-order valence-electron chi connectivity index (χ0n) is 20.0. The predicted molar refractivity (Wildman–Crippen MR) is 140 cm³/mol. The van der Waals surface area contributed by atoms with E-state index in [0.717, 1.165) is 35.1 Å². The molecule has 0 spiro atoms. The van der Waals surface area contributed by atoms with E-state index in [1.165, 1.54) is 12.7 Å². The Kier molecular flexibility index (Phi) is 6.42. The van der Waals surface area contributed by atoms with E-state index in [4.69, 9.17) is 4.74 Å². The number of carbonyl (C=O) groups is 2. The second kappa shape index (κ2) is 9.97. The molecule has 2 heterocycles. The van der Waals surface area contributed by atoms with Crippen LogP contribution >= 0.6 is 0 Å². The number of hydrogen-bond acceptors (Lipinski definition) is 7. The standard InChI is InChI=1S/C28H25N5O3/c1-3-29-14-17-4-9-22(10-5-17)32-26(18-6-7-20-15-30-31-16-21(20)12-18)25-23-11-8-19(28(35)36-2)13-24(23)33-27(25)34/h4-13,15-16,29,32H,3,14H2,1-2H3,(H,33,34). The van der Waals surface area contributed by atoms with E-state index in [1.54, 1.807) is 30.6 Å². The smallest absolute Gasteiger partial charge is 0.337 e. The Morgan fingerprint density at radius 2 is 1.69 bits per heavy atom. The Balaban J connectivity index is 1.62. The van der Waals surface area contributed by atoms with Crippen LogP contribution in [-0.2, 0) is 16.1 Å². The van der Waals surface area contributed by atoms with Gasteiger partial charge in [-0.1, -0.05) is 37.3 Å². The van der Waals surface area contributed by atoms with Gasteiger partial charge in [0.1, 0.15) is 0 Å². The van der Waals surface area contributed by atoms with Crippen LogP contribution in [-0.4, -0.2) is 35.7 Å². The summed E-state index contributed by atoms with van der Waals surface area (Å²) in [5.41, 5.74) is 5.60. The molecule has 0 unspecified atom stereocenters. The molecule has 1 aliphatic rings. The van der Waals surface area contributed by atoms with Crippen molar-refractivity contribution >= 4 is 45.3 Å². The van der Waals surface area contributed by atoms with Crippen LogP contribution < -0.4 is 16.0 Å². The highest BCUT2D eigenvalue weighted by Crippen LogP contribution is 2.38. The molecule has 3 N–H and O–H groups in total. The van der Waals surface area contributed by atoms with Gasteiger partial charge in [-0.15, -0.1) is 0 Å². The van der Waals surface area contributed by atoms with Crippen LogP contribution in [0.3, 0.4) is 0 Å². The number of hydrogen-bond donors (Lipinski definition) is 3. The van der Waals surface area contributed by atoms with Crippen molar-refractivity contribution in [2.75, 3.05) is 24.3 Å². The molecule has 8 nitrogen and oxygen atoms in total. The molecule has 5 rings (SSSR count). The number of fused-ring (bicyclic) bond motifs is 2. The summed E-state index contributed by atoms with van der Waals surface area (Å²) in [5.74, 6) is -0.720. The van der Waals surface area contributed by atoms with Crippen molar-refractivity contribution in [1.82, 2.24) is 15.5 Å². The Bertz CT molecular complexity index is 1500. The molecule has 0 radical (unpaired) electrons. The van der Waals surface area contributed by atoms with Crippen molar-refractivity contribution < 1.29 is 14.3 Å². The number of ether oxygens (including phenoxy) is 1. The minimum absolute atomic E-state index is 0.258. The zero-order chi connectivity index (χ0) is 25.1. The number of amides is 1. The first kappa shape index (κ1) is 23.2. The molecule has 1 aliphatic heterocycles. The summed E-state index contributed by atoms with van der Waals surface area (Å²) in [6.07, 6.45) is 3.40. The molecular formula is C28H25N5O3. The van der Waals surface area contributed by atoms with Crippen molar-refractivity contribution in [2.24, 2.45) is 0 Å². The lowest BCUT2D eigenvalue weighted by Crippen LogP contribution is -2.12. The Hall–Kier alpha value is -4.56. The number of aromatic nitrogens is 2. The molecule has 0 saturated carbocycles. The topological polar surface area (TPSA) is 105 Å². The summed E-state index contributed by atoms with van der Waals surface area (Å²) in [7, 11) is 1.33. The van der Waals surface area contributed by atoms with E-state index in [-0.39, 0.29) is 5.91 Å². The third kappa shape index (κ3) is 4.54. The number of anilines is 2. The van der Waals surface area contributed by atoms with Crippen LogP contribution in [0, 0.1) is 0 Å². The normalized spacial score (nSPS) is 13.8. The molecule has 0 atom stereocenters. The number of carbonyl (C=O) groups excluding carboxylic acids is 2. The average molecular weight is 480 g/mol. The van der Waals surface area contributed by atoms with E-state index in [9.17, 15) is 9.59 Å². The fourth-order valence-electron chi connectivity index (χ4n) is 4.22. The van der Waals surface area contributed by atoms with Gasteiger partial charge in [0, 0.05) is 28.6 Å². The highest BCUT2D eigenvalue weighted by Gasteiger charge is 2.29. The third-order valence-electron chi connectivity index (χ3n) is 6.07. The van der Waals surface area contributed by atoms with Crippen LogP contribution in [0.25, 0.3) is 22.0 Å². The van der Waals surface area contributed by atoms with Crippen molar-refractivity contribution in [3.63, 3.8) is 0 Å². The van der Waals surface area contributed by atoms with Gasteiger partial charge >= 0.3 is 5.97 Å². The van der Waals surface area contributed by atoms with E-state index in [1.807, 2.05) is 30.3 Å². The summed E-state index contributed by atoms with van der Waals surface area (Å²) >= 11 is 0. The van der Waals surface area contributed by atoms with E-state index in [2.05, 4.69) is 45.2 Å². The van der Waals surface area contributed by atoms with Crippen molar-refractivity contribution in [1.29, 1.82) is 0 Å². The van der Waals surface area contributed by atoms with Gasteiger partial charge in [-0.25, -0.2) is 4.79 Å². The van der Waals surface area contributed by atoms with Gasteiger partial charge in [-0.3, -0.25) is 4.79 Å². The molecule has 1 aromatic heterocycles. The molecule has 180 valence electrons. The van der Waals surface area contributed by atoms with E-state index in [0.29, 0.717) is 28.1 Å². The van der Waals surface area contributed by atoms with Crippen molar-refractivity contribution in [3.8, 4) is 0 Å². The maximum Gasteiger partial charge on any atom is 0.337 e.